The maximum absolute atomic E-state index is 11.3. The summed E-state index contributed by atoms with van der Waals surface area (Å²) in [6.45, 7) is 3.77. The Bertz CT molecular complexity index is 531. The van der Waals surface area contributed by atoms with Gasteiger partial charge in [0.05, 0.1) is 0 Å². The first-order valence-electron chi connectivity index (χ1n) is 4.55. The summed E-state index contributed by atoms with van der Waals surface area (Å²) in [5, 5.41) is 6.53. The van der Waals surface area contributed by atoms with E-state index >= 15 is 0 Å². The fraction of sp³-hybridized carbons (Fsp3) is 0.333. The highest BCUT2D eigenvalue weighted by Crippen LogP contribution is 2.04. The van der Waals surface area contributed by atoms with Crippen molar-refractivity contribution in [1.29, 1.82) is 0 Å². The molecule has 2 rings (SSSR count). The number of carbonyl (C=O) groups is 1. The Morgan fingerprint density at radius 1 is 1.40 bits per heavy atom. The summed E-state index contributed by atoms with van der Waals surface area (Å²) in [7, 11) is 1.54. The lowest BCUT2D eigenvalue weighted by atomic mass is 10.4. The number of hydrogen-bond acceptors (Lipinski definition) is 4. The van der Waals surface area contributed by atoms with Crippen LogP contribution in [-0.4, -0.2) is 32.5 Å². The zero-order valence-electron chi connectivity index (χ0n) is 8.77. The topological polar surface area (TPSA) is 72.2 Å². The third kappa shape index (κ3) is 1.54. The van der Waals surface area contributed by atoms with Crippen molar-refractivity contribution in [2.45, 2.75) is 13.8 Å². The molecule has 0 aliphatic carbocycles. The monoisotopic (exact) mass is 205 g/mol. The van der Waals surface area contributed by atoms with Gasteiger partial charge in [-0.15, -0.1) is 5.10 Å². The maximum Gasteiger partial charge on any atom is 0.290 e. The molecule has 0 aliphatic heterocycles. The van der Waals surface area contributed by atoms with E-state index in [4.69, 9.17) is 0 Å². The first-order chi connectivity index (χ1) is 7.11. The average Bonchev–Trinajstić information content (AvgIpc) is 2.60. The fourth-order valence-electron chi connectivity index (χ4n) is 1.37. The third-order valence-corrected chi connectivity index (χ3v) is 2.05. The molecule has 0 atom stereocenters. The molecular formula is C9H11N5O. The second-order valence-electron chi connectivity index (χ2n) is 3.27. The molecule has 6 heteroatoms. The number of carbonyl (C=O) groups excluding carboxylic acids is 1. The predicted octanol–water partition coefficient (Wildman–Crippen LogP) is 0.101. The van der Waals surface area contributed by atoms with E-state index in [1.54, 1.807) is 11.6 Å². The Morgan fingerprint density at radius 3 is 2.80 bits per heavy atom. The van der Waals surface area contributed by atoms with E-state index in [0.717, 1.165) is 11.4 Å². The second kappa shape index (κ2) is 3.30. The summed E-state index contributed by atoms with van der Waals surface area (Å²) >= 11 is 0. The van der Waals surface area contributed by atoms with Crippen molar-refractivity contribution in [1.82, 2.24) is 24.9 Å². The molecule has 1 N–H and O–H groups in total. The highest BCUT2D eigenvalue weighted by molar-refractivity contribution is 5.90. The number of aromatic nitrogens is 4. The number of hydrogen-bond donors (Lipinski definition) is 1. The highest BCUT2D eigenvalue weighted by atomic mass is 16.2. The van der Waals surface area contributed by atoms with Crippen molar-refractivity contribution >= 4 is 11.7 Å². The van der Waals surface area contributed by atoms with Crippen LogP contribution in [-0.2, 0) is 0 Å². The van der Waals surface area contributed by atoms with Gasteiger partial charge in [0.25, 0.3) is 11.7 Å². The van der Waals surface area contributed by atoms with Crippen molar-refractivity contribution in [2.75, 3.05) is 7.05 Å². The molecule has 2 aromatic rings. The van der Waals surface area contributed by atoms with Gasteiger partial charge in [0, 0.05) is 18.4 Å². The van der Waals surface area contributed by atoms with E-state index in [9.17, 15) is 4.79 Å². The smallest absolute Gasteiger partial charge is 0.290 e. The van der Waals surface area contributed by atoms with Gasteiger partial charge in [-0.2, -0.15) is 4.98 Å². The summed E-state index contributed by atoms with van der Waals surface area (Å²) < 4.78 is 1.55. The normalized spacial score (nSPS) is 10.6. The van der Waals surface area contributed by atoms with Gasteiger partial charge in [-0.25, -0.2) is 9.50 Å². The van der Waals surface area contributed by atoms with Crippen LogP contribution < -0.4 is 5.32 Å². The van der Waals surface area contributed by atoms with Gasteiger partial charge in [-0.3, -0.25) is 4.79 Å². The van der Waals surface area contributed by atoms with Crippen LogP contribution in [0.3, 0.4) is 0 Å². The standard InChI is InChI=1S/C9H11N5O/c1-5-4-6(2)14-9(11-5)12-7(13-14)8(15)10-3/h4H,1-3H3,(H,10,15). The molecule has 0 aliphatic rings. The molecule has 0 saturated heterocycles. The van der Waals surface area contributed by atoms with Gasteiger partial charge in [0.1, 0.15) is 0 Å². The van der Waals surface area contributed by atoms with Crippen LogP contribution in [0.15, 0.2) is 6.07 Å². The third-order valence-electron chi connectivity index (χ3n) is 2.05. The largest absolute Gasteiger partial charge is 0.352 e. The Hall–Kier alpha value is -1.98. The minimum Gasteiger partial charge on any atom is -0.352 e. The van der Waals surface area contributed by atoms with E-state index in [1.165, 1.54) is 0 Å². The molecule has 1 amide bonds. The van der Waals surface area contributed by atoms with Crippen molar-refractivity contribution in [3.63, 3.8) is 0 Å². The summed E-state index contributed by atoms with van der Waals surface area (Å²) in [6.07, 6.45) is 0. The lowest BCUT2D eigenvalue weighted by Gasteiger charge is -1.97. The molecule has 0 aromatic carbocycles. The van der Waals surface area contributed by atoms with Crippen LogP contribution >= 0.6 is 0 Å². The van der Waals surface area contributed by atoms with Gasteiger partial charge in [0.15, 0.2) is 0 Å². The van der Waals surface area contributed by atoms with E-state index in [2.05, 4.69) is 20.4 Å². The highest BCUT2D eigenvalue weighted by Gasteiger charge is 2.12. The Labute approximate surface area is 86.3 Å². The number of fused-ring (bicyclic) bond motifs is 1. The maximum atomic E-state index is 11.3. The molecule has 2 aromatic heterocycles. The van der Waals surface area contributed by atoms with Crippen LogP contribution in [0.25, 0.3) is 5.78 Å². The SMILES string of the molecule is CNC(=O)c1nc2nc(C)cc(C)n2n1. The molecule has 0 saturated carbocycles. The van der Waals surface area contributed by atoms with Crippen LogP contribution in [0, 0.1) is 13.8 Å². The van der Waals surface area contributed by atoms with Crippen molar-refractivity contribution in [2.24, 2.45) is 0 Å². The number of aryl methyl sites for hydroxylation is 2. The predicted molar refractivity (Wildman–Crippen MR) is 53.6 cm³/mol. The van der Waals surface area contributed by atoms with Crippen molar-refractivity contribution in [3.8, 4) is 0 Å². The minimum absolute atomic E-state index is 0.138. The molecule has 6 nitrogen and oxygen atoms in total. The minimum atomic E-state index is -0.308. The summed E-state index contributed by atoms with van der Waals surface area (Å²) in [6, 6.07) is 1.88. The molecule has 0 unspecified atom stereocenters. The lowest BCUT2D eigenvalue weighted by Crippen LogP contribution is -2.19. The van der Waals surface area contributed by atoms with Crippen LogP contribution in [0.4, 0.5) is 0 Å². The molecule has 0 bridgehead atoms. The van der Waals surface area contributed by atoms with Gasteiger partial charge in [0.2, 0.25) is 5.82 Å². The summed E-state index contributed by atoms with van der Waals surface area (Å²) in [5.74, 6) is 0.280. The lowest BCUT2D eigenvalue weighted by molar-refractivity contribution is 0.0953. The van der Waals surface area contributed by atoms with Crippen LogP contribution in [0.1, 0.15) is 22.0 Å². The summed E-state index contributed by atoms with van der Waals surface area (Å²) in [4.78, 5) is 19.5. The average molecular weight is 205 g/mol. The molecule has 0 spiro atoms. The van der Waals surface area contributed by atoms with Crippen molar-refractivity contribution in [3.05, 3.63) is 23.3 Å². The Balaban J connectivity index is 2.65. The van der Waals surface area contributed by atoms with Gasteiger partial charge in [-0.05, 0) is 19.9 Å². The van der Waals surface area contributed by atoms with E-state index in [1.807, 2.05) is 19.9 Å². The second-order valence-corrected chi connectivity index (χ2v) is 3.27. The van der Waals surface area contributed by atoms with Crippen LogP contribution in [0.2, 0.25) is 0 Å². The Morgan fingerprint density at radius 2 is 2.13 bits per heavy atom. The molecule has 78 valence electrons. The van der Waals surface area contributed by atoms with Gasteiger partial charge in [-0.1, -0.05) is 0 Å². The van der Waals surface area contributed by atoms with Crippen molar-refractivity contribution < 1.29 is 4.79 Å². The molecule has 0 radical (unpaired) electrons. The number of amides is 1. The quantitative estimate of drug-likeness (QED) is 0.716. The molecule has 2 heterocycles. The number of nitrogens with zero attached hydrogens (tertiary/aromatic N) is 4. The van der Waals surface area contributed by atoms with E-state index < -0.39 is 0 Å². The number of nitrogens with one attached hydrogen (secondary N) is 1. The molecule has 0 fully saturated rings. The zero-order chi connectivity index (χ0) is 11.0. The van der Waals surface area contributed by atoms with Gasteiger partial charge < -0.3 is 5.32 Å². The summed E-state index contributed by atoms with van der Waals surface area (Å²) in [5.41, 5.74) is 1.76. The fourth-order valence-corrected chi connectivity index (χ4v) is 1.37. The molecule has 15 heavy (non-hydrogen) atoms. The Kier molecular flexibility index (Phi) is 2.11. The zero-order valence-corrected chi connectivity index (χ0v) is 8.77. The van der Waals surface area contributed by atoms with Crippen LogP contribution in [0.5, 0.6) is 0 Å². The number of rotatable bonds is 1. The van der Waals surface area contributed by atoms with E-state index in [-0.39, 0.29) is 11.7 Å². The van der Waals surface area contributed by atoms with E-state index in [0.29, 0.717) is 5.78 Å². The van der Waals surface area contributed by atoms with Gasteiger partial charge >= 0.3 is 0 Å². The first-order valence-corrected chi connectivity index (χ1v) is 4.55. The molecular weight excluding hydrogens is 194 g/mol. The first kappa shape index (κ1) is 9.57.